The molecular formula is C8H14N4O. The summed E-state index contributed by atoms with van der Waals surface area (Å²) >= 11 is 0. The molecule has 0 fully saturated rings. The van der Waals surface area contributed by atoms with E-state index < -0.39 is 5.91 Å². The number of amides is 1. The minimum atomic E-state index is -0.462. The van der Waals surface area contributed by atoms with E-state index >= 15 is 0 Å². The van der Waals surface area contributed by atoms with Crippen LogP contribution in [0.1, 0.15) is 24.2 Å². The summed E-state index contributed by atoms with van der Waals surface area (Å²) in [6, 6.07) is 0.244. The molecule has 1 rings (SSSR count). The summed E-state index contributed by atoms with van der Waals surface area (Å²) in [5.74, 6) is 0.207. The third-order valence-corrected chi connectivity index (χ3v) is 1.63. The maximum absolute atomic E-state index is 10.9. The molecular weight excluding hydrogens is 168 g/mol. The Labute approximate surface area is 76.9 Å². The third kappa shape index (κ3) is 1.99. The predicted octanol–water partition coefficient (Wildman–Crippen LogP) is 0.339. The van der Waals surface area contributed by atoms with Crippen LogP contribution < -0.4 is 11.1 Å². The van der Waals surface area contributed by atoms with Crippen LogP contribution in [0.15, 0.2) is 6.20 Å². The van der Waals surface area contributed by atoms with Crippen LogP contribution in [-0.2, 0) is 7.05 Å². The molecule has 5 nitrogen and oxygen atoms in total. The van der Waals surface area contributed by atoms with E-state index in [0.29, 0.717) is 11.4 Å². The molecule has 72 valence electrons. The highest BCUT2D eigenvalue weighted by molar-refractivity contribution is 5.97. The lowest BCUT2D eigenvalue weighted by atomic mass is 10.3. The molecule has 1 heterocycles. The topological polar surface area (TPSA) is 72.9 Å². The molecule has 0 aliphatic heterocycles. The van der Waals surface area contributed by atoms with Gasteiger partial charge < -0.3 is 11.1 Å². The fraction of sp³-hybridized carbons (Fsp3) is 0.500. The number of aryl methyl sites for hydroxylation is 1. The molecule has 0 saturated heterocycles. The highest BCUT2D eigenvalue weighted by Gasteiger charge is 2.13. The largest absolute Gasteiger partial charge is 0.367 e. The van der Waals surface area contributed by atoms with E-state index in [-0.39, 0.29) is 6.04 Å². The van der Waals surface area contributed by atoms with Crippen molar-refractivity contribution in [2.75, 3.05) is 5.32 Å². The Balaban J connectivity index is 3.01. The average molecular weight is 182 g/mol. The number of hydrogen-bond donors (Lipinski definition) is 2. The fourth-order valence-electron chi connectivity index (χ4n) is 1.06. The van der Waals surface area contributed by atoms with Crippen LogP contribution in [-0.4, -0.2) is 21.7 Å². The molecule has 0 unspecified atom stereocenters. The Hall–Kier alpha value is -1.52. The Kier molecular flexibility index (Phi) is 2.55. The van der Waals surface area contributed by atoms with E-state index in [9.17, 15) is 4.79 Å². The number of carbonyl (C=O) groups excluding carboxylic acids is 1. The number of anilines is 1. The van der Waals surface area contributed by atoms with Crippen LogP contribution in [0.25, 0.3) is 0 Å². The summed E-state index contributed by atoms with van der Waals surface area (Å²) in [4.78, 5) is 10.9. The van der Waals surface area contributed by atoms with Gasteiger partial charge in [-0.05, 0) is 13.8 Å². The molecule has 1 aromatic rings. The average Bonchev–Trinajstić information content (AvgIpc) is 2.32. The number of carbonyl (C=O) groups is 1. The summed E-state index contributed by atoms with van der Waals surface area (Å²) in [6.07, 6.45) is 1.47. The Morgan fingerprint density at radius 1 is 1.69 bits per heavy atom. The van der Waals surface area contributed by atoms with Crippen molar-refractivity contribution in [3.05, 3.63) is 11.8 Å². The van der Waals surface area contributed by atoms with E-state index in [1.807, 2.05) is 13.8 Å². The predicted molar refractivity (Wildman–Crippen MR) is 50.5 cm³/mol. The van der Waals surface area contributed by atoms with Gasteiger partial charge in [0.2, 0.25) is 0 Å². The molecule has 0 aliphatic rings. The number of nitrogens with two attached hydrogens (primary N) is 1. The SMILES string of the molecule is CC(C)Nc1c(C(N)=O)cnn1C. The van der Waals surface area contributed by atoms with Crippen molar-refractivity contribution in [3.63, 3.8) is 0 Å². The molecule has 0 saturated carbocycles. The first-order chi connectivity index (χ1) is 6.02. The standard InChI is InChI=1S/C8H14N4O/c1-5(2)11-8-6(7(9)13)4-10-12(8)3/h4-5,11H,1-3H3,(H2,9,13). The first-order valence-corrected chi connectivity index (χ1v) is 4.10. The van der Waals surface area contributed by atoms with Crippen molar-refractivity contribution >= 4 is 11.7 Å². The highest BCUT2D eigenvalue weighted by Crippen LogP contribution is 2.13. The molecule has 0 bridgehead atoms. The molecule has 1 aromatic heterocycles. The lowest BCUT2D eigenvalue weighted by Gasteiger charge is -2.10. The van der Waals surface area contributed by atoms with Gasteiger partial charge in [-0.3, -0.25) is 9.48 Å². The summed E-state index contributed by atoms with van der Waals surface area (Å²) in [5.41, 5.74) is 5.60. The van der Waals surface area contributed by atoms with E-state index in [4.69, 9.17) is 5.73 Å². The minimum absolute atomic E-state index is 0.244. The second kappa shape index (κ2) is 3.47. The van der Waals surface area contributed by atoms with Crippen LogP contribution in [0.3, 0.4) is 0 Å². The molecule has 5 heteroatoms. The van der Waals surface area contributed by atoms with Crippen LogP contribution in [0.5, 0.6) is 0 Å². The zero-order valence-corrected chi connectivity index (χ0v) is 8.03. The second-order valence-corrected chi connectivity index (χ2v) is 3.19. The maximum Gasteiger partial charge on any atom is 0.254 e. The van der Waals surface area contributed by atoms with Gasteiger partial charge in [0.1, 0.15) is 11.4 Å². The number of nitrogens with one attached hydrogen (secondary N) is 1. The van der Waals surface area contributed by atoms with Crippen LogP contribution >= 0.6 is 0 Å². The Bertz CT molecular complexity index is 316. The van der Waals surface area contributed by atoms with Gasteiger partial charge in [-0.2, -0.15) is 5.10 Å². The van der Waals surface area contributed by atoms with Crippen molar-refractivity contribution in [1.82, 2.24) is 9.78 Å². The van der Waals surface area contributed by atoms with Gasteiger partial charge in [0.05, 0.1) is 6.20 Å². The van der Waals surface area contributed by atoms with Crippen molar-refractivity contribution in [2.24, 2.45) is 12.8 Å². The van der Waals surface area contributed by atoms with Gasteiger partial charge in [0, 0.05) is 13.1 Å². The molecule has 0 aromatic carbocycles. The second-order valence-electron chi connectivity index (χ2n) is 3.19. The van der Waals surface area contributed by atoms with Gasteiger partial charge in [0.25, 0.3) is 5.91 Å². The number of nitrogens with zero attached hydrogens (tertiary/aromatic N) is 2. The van der Waals surface area contributed by atoms with Crippen LogP contribution in [0, 0.1) is 0 Å². The Morgan fingerprint density at radius 2 is 2.31 bits per heavy atom. The number of aromatic nitrogens is 2. The molecule has 0 atom stereocenters. The zero-order chi connectivity index (χ0) is 10.0. The van der Waals surface area contributed by atoms with Crippen LogP contribution in [0.2, 0.25) is 0 Å². The van der Waals surface area contributed by atoms with E-state index in [2.05, 4.69) is 10.4 Å². The summed E-state index contributed by atoms with van der Waals surface area (Å²) < 4.78 is 1.60. The molecule has 13 heavy (non-hydrogen) atoms. The highest BCUT2D eigenvalue weighted by atomic mass is 16.1. The number of hydrogen-bond acceptors (Lipinski definition) is 3. The fourth-order valence-corrected chi connectivity index (χ4v) is 1.06. The van der Waals surface area contributed by atoms with Gasteiger partial charge in [0.15, 0.2) is 0 Å². The monoisotopic (exact) mass is 182 g/mol. The third-order valence-electron chi connectivity index (χ3n) is 1.63. The molecule has 0 radical (unpaired) electrons. The lowest BCUT2D eigenvalue weighted by Crippen LogP contribution is -2.18. The lowest BCUT2D eigenvalue weighted by molar-refractivity contribution is 0.100. The molecule has 0 aliphatic carbocycles. The van der Waals surface area contributed by atoms with Crippen molar-refractivity contribution in [3.8, 4) is 0 Å². The van der Waals surface area contributed by atoms with E-state index in [0.717, 1.165) is 0 Å². The van der Waals surface area contributed by atoms with E-state index in [1.54, 1.807) is 11.7 Å². The molecule has 3 N–H and O–H groups in total. The quantitative estimate of drug-likeness (QED) is 0.708. The summed E-state index contributed by atoms with van der Waals surface area (Å²) in [6.45, 7) is 3.97. The van der Waals surface area contributed by atoms with Gasteiger partial charge >= 0.3 is 0 Å². The molecule has 1 amide bonds. The summed E-state index contributed by atoms with van der Waals surface area (Å²) in [7, 11) is 1.76. The van der Waals surface area contributed by atoms with Crippen molar-refractivity contribution in [1.29, 1.82) is 0 Å². The van der Waals surface area contributed by atoms with Crippen LogP contribution in [0.4, 0.5) is 5.82 Å². The van der Waals surface area contributed by atoms with Gasteiger partial charge in [-0.1, -0.05) is 0 Å². The first kappa shape index (κ1) is 9.57. The zero-order valence-electron chi connectivity index (χ0n) is 8.03. The maximum atomic E-state index is 10.9. The number of rotatable bonds is 3. The normalized spacial score (nSPS) is 10.5. The van der Waals surface area contributed by atoms with Crippen molar-refractivity contribution < 1.29 is 4.79 Å². The van der Waals surface area contributed by atoms with Gasteiger partial charge in [-0.15, -0.1) is 0 Å². The molecule has 0 spiro atoms. The smallest absolute Gasteiger partial charge is 0.254 e. The summed E-state index contributed by atoms with van der Waals surface area (Å²) in [5, 5.41) is 7.05. The Morgan fingerprint density at radius 3 is 2.77 bits per heavy atom. The minimum Gasteiger partial charge on any atom is -0.367 e. The van der Waals surface area contributed by atoms with E-state index in [1.165, 1.54) is 6.20 Å². The van der Waals surface area contributed by atoms with Crippen molar-refractivity contribution in [2.45, 2.75) is 19.9 Å². The first-order valence-electron chi connectivity index (χ1n) is 4.10. The van der Waals surface area contributed by atoms with Gasteiger partial charge in [-0.25, -0.2) is 0 Å². The number of primary amides is 1.